The molecule has 3 atom stereocenters. The molecule has 9 heteroatoms. The lowest BCUT2D eigenvalue weighted by Crippen LogP contribution is -2.44. The minimum Gasteiger partial charge on any atom is -0.508 e. The zero-order valence-electron chi connectivity index (χ0n) is 21.1. The second kappa shape index (κ2) is 9.22. The van der Waals surface area contributed by atoms with Crippen molar-refractivity contribution in [3.63, 3.8) is 0 Å². The van der Waals surface area contributed by atoms with Gasteiger partial charge >= 0.3 is 6.01 Å². The van der Waals surface area contributed by atoms with Crippen molar-refractivity contribution < 1.29 is 14.2 Å². The molecule has 3 aromatic carbocycles. The molecule has 0 amide bonds. The third kappa shape index (κ3) is 3.94. The average molecular weight is 534 g/mol. The topological polar surface area (TPSA) is 73.8 Å². The van der Waals surface area contributed by atoms with Crippen LogP contribution in [-0.4, -0.2) is 71.4 Å². The summed E-state index contributed by atoms with van der Waals surface area (Å²) in [6, 6.07) is 13.7. The molecule has 2 N–H and O–H groups in total. The Morgan fingerprint density at radius 3 is 2.82 bits per heavy atom. The standard InChI is InChI=1S/C29H29ClFN5O2/c1-35-8-4-6-18(35)15-38-29-33-27-23(28(34-29)36-14-17-10-19(36)13-32-17)12-24(30)25(26(27)31)22-11-20(37)9-16-5-2-3-7-21(16)22/h2-3,5,7,9,11-12,17-19,32,37H,4,6,8,10,13-15H2,1H3/t17?,18-,19?/m0/s1. The predicted octanol–water partition coefficient (Wildman–Crippen LogP) is 4.97. The zero-order valence-corrected chi connectivity index (χ0v) is 21.9. The van der Waals surface area contributed by atoms with Gasteiger partial charge in [-0.2, -0.15) is 9.97 Å². The number of anilines is 1. The smallest absolute Gasteiger partial charge is 0.319 e. The molecular weight excluding hydrogens is 505 g/mol. The summed E-state index contributed by atoms with van der Waals surface area (Å²) in [5.41, 5.74) is 0.902. The molecule has 3 fully saturated rings. The highest BCUT2D eigenvalue weighted by atomic mass is 35.5. The van der Waals surface area contributed by atoms with Crippen molar-refractivity contribution in [1.82, 2.24) is 20.2 Å². The van der Waals surface area contributed by atoms with Crippen molar-refractivity contribution in [3.05, 3.63) is 53.3 Å². The van der Waals surface area contributed by atoms with Gasteiger partial charge in [0.15, 0.2) is 5.82 Å². The summed E-state index contributed by atoms with van der Waals surface area (Å²) in [6.45, 7) is 3.15. The Morgan fingerprint density at radius 2 is 2.05 bits per heavy atom. The summed E-state index contributed by atoms with van der Waals surface area (Å²) in [6.07, 6.45) is 3.21. The van der Waals surface area contributed by atoms with Crippen LogP contribution in [0.1, 0.15) is 19.3 Å². The average Bonchev–Trinajstić information content (AvgIpc) is 3.65. The van der Waals surface area contributed by atoms with Crippen LogP contribution in [0.5, 0.6) is 11.8 Å². The van der Waals surface area contributed by atoms with Crippen LogP contribution < -0.4 is 15.0 Å². The van der Waals surface area contributed by atoms with Gasteiger partial charge in [-0.05, 0) is 67.4 Å². The number of rotatable bonds is 5. The fourth-order valence-electron chi connectivity index (χ4n) is 6.37. The lowest BCUT2D eigenvalue weighted by atomic mass is 9.96. The second-order valence-corrected chi connectivity index (χ2v) is 11.1. The quantitative estimate of drug-likeness (QED) is 0.375. The molecule has 0 radical (unpaired) electrons. The Labute approximate surface area is 225 Å². The molecule has 7 nitrogen and oxygen atoms in total. The lowest BCUT2D eigenvalue weighted by molar-refractivity contribution is 0.188. The highest BCUT2D eigenvalue weighted by molar-refractivity contribution is 6.35. The number of ether oxygens (including phenoxy) is 1. The molecule has 2 unspecified atom stereocenters. The number of nitrogens with zero attached hydrogens (tertiary/aromatic N) is 4. The van der Waals surface area contributed by atoms with Crippen LogP contribution in [-0.2, 0) is 0 Å². The minimum absolute atomic E-state index is 0.0444. The number of likely N-dealkylation sites (N-methyl/N-ethyl adjacent to an activating group) is 1. The Hall–Kier alpha value is -3.20. The van der Waals surface area contributed by atoms with Gasteiger partial charge in [0.25, 0.3) is 0 Å². The van der Waals surface area contributed by atoms with Gasteiger partial charge in [0.2, 0.25) is 0 Å². The van der Waals surface area contributed by atoms with E-state index in [9.17, 15) is 5.11 Å². The van der Waals surface area contributed by atoms with Crippen molar-refractivity contribution in [2.45, 2.75) is 37.4 Å². The monoisotopic (exact) mass is 533 g/mol. The van der Waals surface area contributed by atoms with Gasteiger partial charge in [-0.25, -0.2) is 4.39 Å². The fourth-order valence-corrected chi connectivity index (χ4v) is 6.67. The molecule has 1 aromatic heterocycles. The summed E-state index contributed by atoms with van der Waals surface area (Å²) in [5, 5.41) is 16.4. The van der Waals surface area contributed by atoms with E-state index < -0.39 is 5.82 Å². The highest BCUT2D eigenvalue weighted by Gasteiger charge is 2.39. The molecule has 3 saturated heterocycles. The fraction of sp³-hybridized carbons (Fsp3) is 0.379. The third-order valence-corrected chi connectivity index (χ3v) is 8.66. The van der Waals surface area contributed by atoms with Gasteiger partial charge in [-0.1, -0.05) is 35.9 Å². The van der Waals surface area contributed by atoms with E-state index in [1.54, 1.807) is 18.2 Å². The van der Waals surface area contributed by atoms with Crippen molar-refractivity contribution >= 4 is 39.1 Å². The Bertz CT molecular complexity index is 1570. The van der Waals surface area contributed by atoms with E-state index in [4.69, 9.17) is 21.3 Å². The van der Waals surface area contributed by atoms with E-state index in [-0.39, 0.29) is 39.9 Å². The molecule has 38 heavy (non-hydrogen) atoms. The molecule has 4 heterocycles. The zero-order chi connectivity index (χ0) is 26.0. The van der Waals surface area contributed by atoms with Crippen molar-refractivity contribution in [2.75, 3.05) is 38.2 Å². The molecule has 3 aliphatic heterocycles. The first-order chi connectivity index (χ1) is 18.5. The first-order valence-electron chi connectivity index (χ1n) is 13.2. The number of nitrogens with one attached hydrogen (secondary N) is 1. The molecule has 0 spiro atoms. The van der Waals surface area contributed by atoms with Gasteiger partial charge in [-0.15, -0.1) is 0 Å². The number of hydrogen-bond donors (Lipinski definition) is 2. The summed E-state index contributed by atoms with van der Waals surface area (Å²) >= 11 is 6.81. The summed E-state index contributed by atoms with van der Waals surface area (Å²) < 4.78 is 22.7. The van der Waals surface area contributed by atoms with E-state index in [0.29, 0.717) is 29.4 Å². The largest absolute Gasteiger partial charge is 0.508 e. The number of hydrogen-bond acceptors (Lipinski definition) is 7. The molecular formula is C29H29ClFN5O2. The van der Waals surface area contributed by atoms with Crippen LogP contribution in [0.25, 0.3) is 32.8 Å². The SMILES string of the molecule is CN1CCC[C@H]1COc1nc(N2CC3CC2CN3)c2cc(Cl)c(-c3cc(O)cc4ccccc34)c(F)c2n1. The van der Waals surface area contributed by atoms with Crippen molar-refractivity contribution in [2.24, 2.45) is 0 Å². The number of fused-ring (bicyclic) bond motifs is 4. The van der Waals surface area contributed by atoms with Gasteiger partial charge in [0.1, 0.15) is 23.7 Å². The van der Waals surface area contributed by atoms with E-state index in [0.717, 1.165) is 49.7 Å². The van der Waals surface area contributed by atoms with Gasteiger partial charge in [0, 0.05) is 42.2 Å². The van der Waals surface area contributed by atoms with Crippen LogP contribution in [0.4, 0.5) is 10.2 Å². The van der Waals surface area contributed by atoms with E-state index >= 15 is 4.39 Å². The molecule has 196 valence electrons. The summed E-state index contributed by atoms with van der Waals surface area (Å²) in [4.78, 5) is 13.9. The van der Waals surface area contributed by atoms with E-state index in [1.807, 2.05) is 24.3 Å². The number of aromatic hydroxyl groups is 1. The normalized spacial score (nSPS) is 23.2. The molecule has 3 aliphatic rings. The molecule has 0 aliphatic carbocycles. The van der Waals surface area contributed by atoms with Gasteiger partial charge in [-0.3, -0.25) is 0 Å². The third-order valence-electron chi connectivity index (χ3n) is 8.36. The van der Waals surface area contributed by atoms with Gasteiger partial charge in [0.05, 0.1) is 5.02 Å². The number of likely N-dealkylation sites (tertiary alicyclic amines) is 1. The Balaban J connectivity index is 1.40. The maximum Gasteiger partial charge on any atom is 0.319 e. The first-order valence-corrected chi connectivity index (χ1v) is 13.6. The molecule has 4 aromatic rings. The first kappa shape index (κ1) is 23.9. The van der Waals surface area contributed by atoms with Crippen LogP contribution in [0.15, 0.2) is 42.5 Å². The molecule has 2 bridgehead atoms. The highest BCUT2D eigenvalue weighted by Crippen LogP contribution is 2.43. The van der Waals surface area contributed by atoms with Crippen LogP contribution >= 0.6 is 11.6 Å². The number of halogens is 2. The number of aromatic nitrogens is 2. The van der Waals surface area contributed by atoms with E-state index in [2.05, 4.69) is 27.1 Å². The lowest BCUT2D eigenvalue weighted by Gasteiger charge is -2.30. The number of phenolic OH excluding ortho intramolecular Hbond substituents is 1. The minimum atomic E-state index is -0.544. The Morgan fingerprint density at radius 1 is 1.18 bits per heavy atom. The van der Waals surface area contributed by atoms with Crippen molar-refractivity contribution in [3.8, 4) is 22.9 Å². The number of phenols is 1. The molecule has 0 saturated carbocycles. The Kier molecular flexibility index (Phi) is 5.80. The van der Waals surface area contributed by atoms with Crippen LogP contribution in [0.2, 0.25) is 5.02 Å². The van der Waals surface area contributed by atoms with Gasteiger partial charge < -0.3 is 25.0 Å². The van der Waals surface area contributed by atoms with Crippen LogP contribution in [0, 0.1) is 5.82 Å². The summed E-state index contributed by atoms with van der Waals surface area (Å²) in [5.74, 6) is 0.159. The van der Waals surface area contributed by atoms with Crippen molar-refractivity contribution in [1.29, 1.82) is 0 Å². The predicted molar refractivity (Wildman–Crippen MR) is 148 cm³/mol. The van der Waals surface area contributed by atoms with E-state index in [1.165, 1.54) is 0 Å². The van der Waals surface area contributed by atoms with Crippen LogP contribution in [0.3, 0.4) is 0 Å². The second-order valence-electron chi connectivity index (χ2n) is 10.7. The maximum absolute atomic E-state index is 16.6. The number of piperazine rings is 1. The number of benzene rings is 3. The maximum atomic E-state index is 16.6. The molecule has 7 rings (SSSR count). The summed E-state index contributed by atoms with van der Waals surface area (Å²) in [7, 11) is 2.09.